The van der Waals surface area contributed by atoms with Crippen molar-refractivity contribution in [3.63, 3.8) is 0 Å². The maximum atomic E-state index is 13.4. The number of hydrogen-bond donors (Lipinski definition) is 0. The highest BCUT2D eigenvalue weighted by Crippen LogP contribution is 2.40. The number of rotatable bonds is 4. The summed E-state index contributed by atoms with van der Waals surface area (Å²) in [7, 11) is 0. The SMILES string of the molecule is CC(C)C(=O)N1CCN(c2nc(C3CC3)nc3c2cnn3-c2ccc(F)cc2)CC1. The first-order valence-electron chi connectivity index (χ1n) is 10.6. The lowest BCUT2D eigenvalue weighted by Crippen LogP contribution is -2.50. The zero-order valence-corrected chi connectivity index (χ0v) is 17.3. The Hall–Kier alpha value is -3.03. The first kappa shape index (κ1) is 19.0. The van der Waals surface area contributed by atoms with Gasteiger partial charge in [0.25, 0.3) is 0 Å². The third kappa shape index (κ3) is 3.40. The Bertz CT molecular complexity index is 1080. The summed E-state index contributed by atoms with van der Waals surface area (Å²) in [6, 6.07) is 6.27. The summed E-state index contributed by atoms with van der Waals surface area (Å²) >= 11 is 0. The number of hydrogen-bond acceptors (Lipinski definition) is 5. The van der Waals surface area contributed by atoms with E-state index in [1.807, 2.05) is 18.7 Å². The van der Waals surface area contributed by atoms with Gasteiger partial charge < -0.3 is 9.80 Å². The summed E-state index contributed by atoms with van der Waals surface area (Å²) in [6.45, 7) is 6.72. The van der Waals surface area contributed by atoms with Crippen molar-refractivity contribution < 1.29 is 9.18 Å². The first-order chi connectivity index (χ1) is 14.5. The molecule has 0 atom stereocenters. The molecule has 0 unspecified atom stereocenters. The van der Waals surface area contributed by atoms with Gasteiger partial charge in [0.2, 0.25) is 5.91 Å². The first-order valence-corrected chi connectivity index (χ1v) is 10.6. The smallest absolute Gasteiger partial charge is 0.225 e. The number of benzene rings is 1. The van der Waals surface area contributed by atoms with Crippen molar-refractivity contribution in [1.82, 2.24) is 24.6 Å². The van der Waals surface area contributed by atoms with Gasteiger partial charge >= 0.3 is 0 Å². The lowest BCUT2D eigenvalue weighted by Gasteiger charge is -2.36. The van der Waals surface area contributed by atoms with Crippen LogP contribution in [0.2, 0.25) is 0 Å². The molecule has 5 rings (SSSR count). The van der Waals surface area contributed by atoms with Gasteiger partial charge in [0, 0.05) is 38.0 Å². The number of anilines is 1. The van der Waals surface area contributed by atoms with E-state index >= 15 is 0 Å². The predicted molar refractivity (Wildman–Crippen MR) is 112 cm³/mol. The minimum Gasteiger partial charge on any atom is -0.352 e. The number of piperazine rings is 1. The Labute approximate surface area is 174 Å². The Morgan fingerprint density at radius 3 is 2.40 bits per heavy atom. The van der Waals surface area contributed by atoms with Crippen molar-refractivity contribution in [2.24, 2.45) is 5.92 Å². The summed E-state index contributed by atoms with van der Waals surface area (Å²) in [5, 5.41) is 5.42. The van der Waals surface area contributed by atoms with E-state index in [9.17, 15) is 9.18 Å². The second kappa shape index (κ2) is 7.34. The minimum atomic E-state index is -0.280. The van der Waals surface area contributed by atoms with Gasteiger partial charge in [0.15, 0.2) is 5.65 Å². The van der Waals surface area contributed by atoms with E-state index in [-0.39, 0.29) is 17.6 Å². The second-order valence-electron chi connectivity index (χ2n) is 8.42. The van der Waals surface area contributed by atoms with Crippen molar-refractivity contribution in [2.75, 3.05) is 31.1 Å². The Morgan fingerprint density at radius 2 is 1.77 bits per heavy atom. The van der Waals surface area contributed by atoms with Crippen LogP contribution in [0.15, 0.2) is 30.5 Å². The molecule has 1 saturated carbocycles. The summed E-state index contributed by atoms with van der Waals surface area (Å²) < 4.78 is 15.1. The zero-order valence-electron chi connectivity index (χ0n) is 17.3. The molecule has 3 aromatic rings. The molecule has 1 aliphatic carbocycles. The molecule has 30 heavy (non-hydrogen) atoms. The second-order valence-corrected chi connectivity index (χ2v) is 8.42. The predicted octanol–water partition coefficient (Wildman–Crippen LogP) is 3.14. The Morgan fingerprint density at radius 1 is 1.07 bits per heavy atom. The monoisotopic (exact) mass is 408 g/mol. The Kier molecular flexibility index (Phi) is 4.64. The molecule has 8 heteroatoms. The highest BCUT2D eigenvalue weighted by atomic mass is 19.1. The highest BCUT2D eigenvalue weighted by molar-refractivity contribution is 5.88. The average molecular weight is 408 g/mol. The van der Waals surface area contributed by atoms with Gasteiger partial charge in [0.1, 0.15) is 17.5 Å². The van der Waals surface area contributed by atoms with Crippen molar-refractivity contribution in [2.45, 2.75) is 32.6 Å². The molecule has 156 valence electrons. The fourth-order valence-electron chi connectivity index (χ4n) is 3.95. The molecular formula is C22H25FN6O. The molecule has 1 saturated heterocycles. The summed E-state index contributed by atoms with van der Waals surface area (Å²) in [5.41, 5.74) is 1.51. The van der Waals surface area contributed by atoms with Crippen molar-refractivity contribution >= 4 is 22.8 Å². The number of halogens is 1. The van der Waals surface area contributed by atoms with Gasteiger partial charge in [-0.15, -0.1) is 0 Å². The number of fused-ring (bicyclic) bond motifs is 1. The van der Waals surface area contributed by atoms with Crippen LogP contribution in [0.1, 0.15) is 38.4 Å². The van der Waals surface area contributed by atoms with Crippen molar-refractivity contribution in [1.29, 1.82) is 0 Å². The van der Waals surface area contributed by atoms with Crippen LogP contribution in [0.4, 0.5) is 10.2 Å². The molecule has 2 aliphatic rings. The van der Waals surface area contributed by atoms with E-state index in [4.69, 9.17) is 9.97 Å². The molecule has 0 bridgehead atoms. The van der Waals surface area contributed by atoms with Gasteiger partial charge in [-0.1, -0.05) is 13.8 Å². The van der Waals surface area contributed by atoms with Gasteiger partial charge in [-0.25, -0.2) is 19.0 Å². The number of carbonyl (C=O) groups is 1. The van der Waals surface area contributed by atoms with Gasteiger partial charge in [-0.05, 0) is 37.1 Å². The number of nitrogens with zero attached hydrogens (tertiary/aromatic N) is 6. The third-order valence-electron chi connectivity index (χ3n) is 5.82. The molecular weight excluding hydrogens is 383 g/mol. The van der Waals surface area contributed by atoms with Crippen LogP contribution in [-0.4, -0.2) is 56.7 Å². The molecule has 0 radical (unpaired) electrons. The number of amides is 1. The quantitative estimate of drug-likeness (QED) is 0.664. The van der Waals surface area contributed by atoms with Crippen LogP contribution in [0.5, 0.6) is 0 Å². The van der Waals surface area contributed by atoms with Gasteiger partial charge in [-0.2, -0.15) is 5.10 Å². The Balaban J connectivity index is 1.51. The molecule has 3 heterocycles. The lowest BCUT2D eigenvalue weighted by molar-refractivity contribution is -0.134. The zero-order chi connectivity index (χ0) is 20.8. The fourth-order valence-corrected chi connectivity index (χ4v) is 3.95. The maximum absolute atomic E-state index is 13.4. The molecule has 1 aliphatic heterocycles. The average Bonchev–Trinajstić information content (AvgIpc) is 3.53. The molecule has 7 nitrogen and oxygen atoms in total. The summed E-state index contributed by atoms with van der Waals surface area (Å²) in [5.74, 6) is 2.06. The third-order valence-corrected chi connectivity index (χ3v) is 5.82. The van der Waals surface area contributed by atoms with Crippen LogP contribution in [-0.2, 0) is 4.79 Å². The van der Waals surface area contributed by atoms with E-state index in [0.717, 1.165) is 54.3 Å². The summed E-state index contributed by atoms with van der Waals surface area (Å²) in [4.78, 5) is 26.2. The van der Waals surface area contributed by atoms with Crippen LogP contribution in [0, 0.1) is 11.7 Å². The number of aromatic nitrogens is 4. The topological polar surface area (TPSA) is 67.2 Å². The maximum Gasteiger partial charge on any atom is 0.225 e. The van der Waals surface area contributed by atoms with Crippen LogP contribution in [0.25, 0.3) is 16.7 Å². The largest absolute Gasteiger partial charge is 0.352 e. The molecule has 1 amide bonds. The normalized spacial score (nSPS) is 17.2. The van der Waals surface area contributed by atoms with Gasteiger partial charge in [-0.3, -0.25) is 4.79 Å². The lowest BCUT2D eigenvalue weighted by atomic mass is 10.1. The van der Waals surface area contributed by atoms with E-state index in [1.54, 1.807) is 23.0 Å². The van der Waals surface area contributed by atoms with E-state index in [0.29, 0.717) is 19.0 Å². The summed E-state index contributed by atoms with van der Waals surface area (Å²) in [6.07, 6.45) is 3.99. The molecule has 2 aromatic heterocycles. The molecule has 2 fully saturated rings. The van der Waals surface area contributed by atoms with Crippen LogP contribution < -0.4 is 4.90 Å². The molecule has 0 spiro atoms. The van der Waals surface area contributed by atoms with E-state index in [1.165, 1.54) is 12.1 Å². The minimum absolute atomic E-state index is 0.0118. The molecule has 1 aromatic carbocycles. The van der Waals surface area contributed by atoms with E-state index in [2.05, 4.69) is 10.00 Å². The molecule has 0 N–H and O–H groups in total. The van der Waals surface area contributed by atoms with Crippen LogP contribution >= 0.6 is 0 Å². The standard InChI is InChI=1S/C22H25FN6O/c1-14(2)22(30)28-11-9-27(10-12-28)20-18-13-24-29(17-7-5-16(23)6-8-17)21(18)26-19(25-20)15-3-4-15/h5-8,13-15H,3-4,9-12H2,1-2H3. The highest BCUT2D eigenvalue weighted by Gasteiger charge is 2.31. The number of carbonyl (C=O) groups excluding carboxylic acids is 1. The fraction of sp³-hybridized carbons (Fsp3) is 0.455. The van der Waals surface area contributed by atoms with Crippen molar-refractivity contribution in [3.05, 3.63) is 42.1 Å². The van der Waals surface area contributed by atoms with E-state index < -0.39 is 0 Å². The van der Waals surface area contributed by atoms with Crippen molar-refractivity contribution in [3.8, 4) is 5.69 Å². The van der Waals surface area contributed by atoms with Crippen LogP contribution in [0.3, 0.4) is 0 Å². The van der Waals surface area contributed by atoms with Gasteiger partial charge in [0.05, 0.1) is 17.3 Å².